The second-order valence-electron chi connectivity index (χ2n) is 5.05. The molecule has 0 radical (unpaired) electrons. The molecular formula is C12H21NO3. The smallest absolute Gasteiger partial charge is 0.308 e. The first kappa shape index (κ1) is 11.9. The van der Waals surface area contributed by atoms with Crippen LogP contribution in [0.5, 0.6) is 0 Å². The van der Waals surface area contributed by atoms with Crippen molar-refractivity contribution >= 4 is 5.97 Å². The number of carboxylic acid groups (broad SMARTS) is 1. The summed E-state index contributed by atoms with van der Waals surface area (Å²) >= 11 is 0. The molecule has 3 unspecified atom stereocenters. The van der Waals surface area contributed by atoms with E-state index in [4.69, 9.17) is 9.84 Å². The number of hydrogen-bond acceptors (Lipinski definition) is 3. The summed E-state index contributed by atoms with van der Waals surface area (Å²) in [6, 6.07) is 0.277. The van der Waals surface area contributed by atoms with Gasteiger partial charge in [0.05, 0.1) is 12.5 Å². The summed E-state index contributed by atoms with van der Waals surface area (Å²) in [5, 5.41) is 9.16. The number of carbonyl (C=O) groups is 1. The van der Waals surface area contributed by atoms with E-state index in [-0.39, 0.29) is 12.0 Å². The molecule has 92 valence electrons. The second kappa shape index (κ2) is 5.15. The van der Waals surface area contributed by atoms with Gasteiger partial charge >= 0.3 is 5.97 Å². The van der Waals surface area contributed by atoms with E-state index in [1.807, 2.05) is 0 Å². The highest BCUT2D eigenvalue weighted by Gasteiger charge is 2.39. The first-order chi connectivity index (χ1) is 7.72. The zero-order chi connectivity index (χ0) is 11.5. The minimum atomic E-state index is -0.613. The highest BCUT2D eigenvalue weighted by Crippen LogP contribution is 2.33. The summed E-state index contributed by atoms with van der Waals surface area (Å²) in [5.74, 6) is -0.154. The summed E-state index contributed by atoms with van der Waals surface area (Å²) in [7, 11) is 1.73. The van der Waals surface area contributed by atoms with Crippen LogP contribution in [0, 0.1) is 11.8 Å². The quantitative estimate of drug-likeness (QED) is 0.784. The van der Waals surface area contributed by atoms with Crippen LogP contribution in [0.15, 0.2) is 0 Å². The maximum Gasteiger partial charge on any atom is 0.308 e. The Morgan fingerprint density at radius 1 is 1.44 bits per heavy atom. The lowest BCUT2D eigenvalue weighted by molar-refractivity contribution is -0.143. The first-order valence-electron chi connectivity index (χ1n) is 6.18. The molecule has 4 nitrogen and oxygen atoms in total. The molecule has 2 aliphatic rings. The normalized spacial score (nSPS) is 35.7. The standard InChI is InChI=1S/C12H21NO3/c1-16-8-9-5-6-13(7-9)11-4-2-3-10(11)12(14)15/h9-11H,2-8H2,1H3,(H,14,15). The van der Waals surface area contributed by atoms with E-state index < -0.39 is 5.97 Å². The van der Waals surface area contributed by atoms with Crippen LogP contribution in [0.3, 0.4) is 0 Å². The van der Waals surface area contributed by atoms with Crippen molar-refractivity contribution < 1.29 is 14.6 Å². The zero-order valence-corrected chi connectivity index (χ0v) is 9.89. The van der Waals surface area contributed by atoms with E-state index in [2.05, 4.69) is 4.90 Å². The minimum absolute atomic E-state index is 0.138. The van der Waals surface area contributed by atoms with Crippen LogP contribution in [-0.4, -0.2) is 48.8 Å². The van der Waals surface area contributed by atoms with Crippen molar-refractivity contribution in [1.82, 2.24) is 4.90 Å². The van der Waals surface area contributed by atoms with Crippen LogP contribution in [-0.2, 0) is 9.53 Å². The molecule has 4 heteroatoms. The third kappa shape index (κ3) is 2.38. The molecule has 0 spiro atoms. The topological polar surface area (TPSA) is 49.8 Å². The molecule has 1 N–H and O–H groups in total. The molecule has 1 saturated carbocycles. The number of methoxy groups -OCH3 is 1. The van der Waals surface area contributed by atoms with Gasteiger partial charge in [-0.1, -0.05) is 6.42 Å². The van der Waals surface area contributed by atoms with Crippen molar-refractivity contribution in [2.24, 2.45) is 11.8 Å². The predicted octanol–water partition coefficient (Wildman–Crippen LogP) is 1.21. The van der Waals surface area contributed by atoms with Gasteiger partial charge in [-0.15, -0.1) is 0 Å². The minimum Gasteiger partial charge on any atom is -0.481 e. The highest BCUT2D eigenvalue weighted by molar-refractivity contribution is 5.71. The fraction of sp³-hybridized carbons (Fsp3) is 0.917. The zero-order valence-electron chi connectivity index (χ0n) is 9.89. The predicted molar refractivity (Wildman–Crippen MR) is 60.3 cm³/mol. The van der Waals surface area contributed by atoms with Crippen LogP contribution in [0.25, 0.3) is 0 Å². The number of ether oxygens (including phenoxy) is 1. The molecule has 2 fully saturated rings. The van der Waals surface area contributed by atoms with Gasteiger partial charge in [-0.25, -0.2) is 0 Å². The number of rotatable bonds is 4. The van der Waals surface area contributed by atoms with Gasteiger partial charge in [-0.05, 0) is 31.7 Å². The van der Waals surface area contributed by atoms with E-state index >= 15 is 0 Å². The highest BCUT2D eigenvalue weighted by atomic mass is 16.5. The Hall–Kier alpha value is -0.610. The van der Waals surface area contributed by atoms with Crippen LogP contribution in [0.1, 0.15) is 25.7 Å². The fourth-order valence-corrected chi connectivity index (χ4v) is 3.20. The van der Waals surface area contributed by atoms with Gasteiger partial charge in [-0.3, -0.25) is 9.69 Å². The summed E-state index contributed by atoms with van der Waals surface area (Å²) in [6.45, 7) is 2.87. The van der Waals surface area contributed by atoms with E-state index in [1.165, 1.54) is 0 Å². The Labute approximate surface area is 96.6 Å². The van der Waals surface area contributed by atoms with Crippen molar-refractivity contribution in [2.75, 3.05) is 26.8 Å². The molecule has 16 heavy (non-hydrogen) atoms. The monoisotopic (exact) mass is 227 g/mol. The number of nitrogens with zero attached hydrogens (tertiary/aromatic N) is 1. The largest absolute Gasteiger partial charge is 0.481 e. The summed E-state index contributed by atoms with van der Waals surface area (Å²) in [6.07, 6.45) is 4.12. The van der Waals surface area contributed by atoms with E-state index in [0.29, 0.717) is 5.92 Å². The van der Waals surface area contributed by atoms with Crippen molar-refractivity contribution in [2.45, 2.75) is 31.7 Å². The second-order valence-corrected chi connectivity index (χ2v) is 5.05. The number of aliphatic carboxylic acids is 1. The number of likely N-dealkylation sites (tertiary alicyclic amines) is 1. The van der Waals surface area contributed by atoms with Gasteiger partial charge < -0.3 is 9.84 Å². The fourth-order valence-electron chi connectivity index (χ4n) is 3.20. The Bertz CT molecular complexity index is 257. The Kier molecular flexibility index (Phi) is 3.82. The lowest BCUT2D eigenvalue weighted by atomic mass is 10.0. The Balaban J connectivity index is 1.90. The molecule has 3 atom stereocenters. The summed E-state index contributed by atoms with van der Waals surface area (Å²) in [4.78, 5) is 13.5. The number of hydrogen-bond donors (Lipinski definition) is 1. The van der Waals surface area contributed by atoms with Gasteiger partial charge in [0, 0.05) is 19.7 Å². The lowest BCUT2D eigenvalue weighted by Gasteiger charge is -2.27. The SMILES string of the molecule is COCC1CCN(C2CCCC2C(=O)O)C1. The first-order valence-corrected chi connectivity index (χ1v) is 6.18. The van der Waals surface area contributed by atoms with E-state index in [1.54, 1.807) is 7.11 Å². The van der Waals surface area contributed by atoms with Gasteiger partial charge in [0.25, 0.3) is 0 Å². The van der Waals surface area contributed by atoms with Crippen molar-refractivity contribution in [3.63, 3.8) is 0 Å². The van der Waals surface area contributed by atoms with E-state index in [0.717, 1.165) is 45.4 Å². The molecule has 0 bridgehead atoms. The van der Waals surface area contributed by atoms with Gasteiger partial charge in [0.15, 0.2) is 0 Å². The summed E-state index contributed by atoms with van der Waals surface area (Å²) < 4.78 is 5.17. The molecule has 0 aromatic heterocycles. The molecule has 1 heterocycles. The van der Waals surface area contributed by atoms with Crippen LogP contribution in [0.4, 0.5) is 0 Å². The molecule has 0 aromatic carbocycles. The Morgan fingerprint density at radius 2 is 2.25 bits per heavy atom. The third-order valence-electron chi connectivity index (χ3n) is 3.99. The van der Waals surface area contributed by atoms with Crippen molar-refractivity contribution in [3.05, 3.63) is 0 Å². The van der Waals surface area contributed by atoms with Gasteiger partial charge in [0.1, 0.15) is 0 Å². The molecule has 1 aliphatic heterocycles. The van der Waals surface area contributed by atoms with Crippen LogP contribution in [0.2, 0.25) is 0 Å². The Morgan fingerprint density at radius 3 is 2.94 bits per heavy atom. The average molecular weight is 227 g/mol. The average Bonchev–Trinajstić information content (AvgIpc) is 2.83. The number of carboxylic acids is 1. The summed E-state index contributed by atoms with van der Waals surface area (Å²) in [5.41, 5.74) is 0. The van der Waals surface area contributed by atoms with Gasteiger partial charge in [-0.2, -0.15) is 0 Å². The van der Waals surface area contributed by atoms with Crippen LogP contribution >= 0.6 is 0 Å². The molecule has 1 aliphatic carbocycles. The maximum atomic E-state index is 11.1. The molecule has 0 amide bonds. The third-order valence-corrected chi connectivity index (χ3v) is 3.99. The molecule has 2 rings (SSSR count). The molecule has 1 saturated heterocycles. The molecule has 0 aromatic rings. The van der Waals surface area contributed by atoms with Gasteiger partial charge in [0.2, 0.25) is 0 Å². The molecular weight excluding hydrogens is 206 g/mol. The van der Waals surface area contributed by atoms with Crippen LogP contribution < -0.4 is 0 Å². The van der Waals surface area contributed by atoms with E-state index in [9.17, 15) is 4.79 Å². The van der Waals surface area contributed by atoms with Crippen molar-refractivity contribution in [3.8, 4) is 0 Å². The van der Waals surface area contributed by atoms with Crippen molar-refractivity contribution in [1.29, 1.82) is 0 Å². The maximum absolute atomic E-state index is 11.1. The lowest BCUT2D eigenvalue weighted by Crippen LogP contribution is -2.39.